The zero-order valence-corrected chi connectivity index (χ0v) is 15.4. The van der Waals surface area contributed by atoms with Crippen molar-refractivity contribution in [1.82, 2.24) is 9.97 Å². The molecule has 25 heavy (non-hydrogen) atoms. The normalized spacial score (nSPS) is 10.9. The first-order valence-electron chi connectivity index (χ1n) is 8.08. The van der Waals surface area contributed by atoms with Crippen molar-refractivity contribution in [3.8, 4) is 0 Å². The minimum absolute atomic E-state index is 0.273. The van der Waals surface area contributed by atoms with Crippen LogP contribution in [0.5, 0.6) is 0 Å². The zero-order chi connectivity index (χ0) is 18.0. The number of nitrogens with one attached hydrogen (secondary N) is 1. The number of benzene rings is 2. The average Bonchev–Trinajstić information content (AvgIpc) is 2.63. The largest absolute Gasteiger partial charge is 0.321 e. The highest BCUT2D eigenvalue weighted by atomic mass is 35.5. The summed E-state index contributed by atoms with van der Waals surface area (Å²) in [6.07, 6.45) is 1.64. The molecule has 0 unspecified atom stereocenters. The smallest absolute Gasteiger partial charge is 0.255 e. The molecule has 0 atom stereocenters. The van der Waals surface area contributed by atoms with Gasteiger partial charge in [-0.1, -0.05) is 43.1 Å². The quantitative estimate of drug-likeness (QED) is 0.673. The second-order valence-corrected chi connectivity index (χ2v) is 6.37. The summed E-state index contributed by atoms with van der Waals surface area (Å²) in [6, 6.07) is 10.4. The Morgan fingerprint density at radius 3 is 2.36 bits per heavy atom. The molecule has 1 amide bonds. The van der Waals surface area contributed by atoms with Gasteiger partial charge in [0.15, 0.2) is 0 Å². The van der Waals surface area contributed by atoms with Crippen molar-refractivity contribution in [1.29, 1.82) is 0 Å². The summed E-state index contributed by atoms with van der Waals surface area (Å²) in [5.74, 6) is -0.273. The Morgan fingerprint density at radius 2 is 1.68 bits per heavy atom. The maximum absolute atomic E-state index is 12.5. The molecule has 3 rings (SSSR count). The molecule has 4 nitrogen and oxygen atoms in total. The number of amides is 1. The van der Waals surface area contributed by atoms with Gasteiger partial charge in [-0.3, -0.25) is 4.79 Å². The molecule has 0 radical (unpaired) electrons. The van der Waals surface area contributed by atoms with E-state index in [4.69, 9.17) is 23.2 Å². The van der Waals surface area contributed by atoms with Crippen molar-refractivity contribution in [2.24, 2.45) is 0 Å². The van der Waals surface area contributed by atoms with Crippen molar-refractivity contribution in [3.05, 3.63) is 63.4 Å². The first kappa shape index (κ1) is 17.6. The number of hydrogen-bond acceptors (Lipinski definition) is 3. The van der Waals surface area contributed by atoms with E-state index in [0.717, 1.165) is 29.7 Å². The molecule has 6 heteroatoms. The Bertz CT molecular complexity index is 957. The number of aryl methyl sites for hydroxylation is 2. The topological polar surface area (TPSA) is 54.9 Å². The first-order valence-corrected chi connectivity index (χ1v) is 8.84. The zero-order valence-electron chi connectivity index (χ0n) is 13.9. The van der Waals surface area contributed by atoms with Crippen LogP contribution < -0.4 is 5.32 Å². The Kier molecular flexibility index (Phi) is 5.21. The molecule has 128 valence electrons. The molecule has 0 aliphatic heterocycles. The molecular weight excluding hydrogens is 357 g/mol. The van der Waals surface area contributed by atoms with E-state index in [2.05, 4.69) is 22.2 Å². The molecule has 0 bridgehead atoms. The van der Waals surface area contributed by atoms with Gasteiger partial charge in [-0.15, -0.1) is 0 Å². The highest BCUT2D eigenvalue weighted by molar-refractivity contribution is 6.44. The summed E-state index contributed by atoms with van der Waals surface area (Å²) >= 11 is 12.1. The van der Waals surface area contributed by atoms with E-state index in [9.17, 15) is 4.79 Å². The Labute approximate surface area is 156 Å². The van der Waals surface area contributed by atoms with E-state index in [1.807, 2.05) is 13.0 Å². The number of fused-ring (bicyclic) bond motifs is 1. The summed E-state index contributed by atoms with van der Waals surface area (Å²) < 4.78 is 0. The molecule has 2 aromatic carbocycles. The molecule has 0 saturated heterocycles. The van der Waals surface area contributed by atoms with Crippen molar-refractivity contribution in [2.45, 2.75) is 26.7 Å². The van der Waals surface area contributed by atoms with E-state index in [0.29, 0.717) is 26.8 Å². The van der Waals surface area contributed by atoms with Crippen LogP contribution in [0.25, 0.3) is 11.0 Å². The van der Waals surface area contributed by atoms with E-state index < -0.39 is 0 Å². The van der Waals surface area contributed by atoms with Crippen molar-refractivity contribution >= 4 is 45.8 Å². The van der Waals surface area contributed by atoms with Gasteiger partial charge in [-0.25, -0.2) is 9.97 Å². The second kappa shape index (κ2) is 7.38. The predicted molar refractivity (Wildman–Crippen MR) is 103 cm³/mol. The number of nitrogens with zero attached hydrogens (tertiary/aromatic N) is 2. The molecule has 0 saturated carbocycles. The highest BCUT2D eigenvalue weighted by Crippen LogP contribution is 2.30. The third kappa shape index (κ3) is 3.60. The van der Waals surface area contributed by atoms with Crippen molar-refractivity contribution in [3.63, 3.8) is 0 Å². The Hall–Kier alpha value is -2.17. The number of halogens is 2. The van der Waals surface area contributed by atoms with Gasteiger partial charge in [0.05, 0.1) is 38.2 Å². The van der Waals surface area contributed by atoms with Crippen LogP contribution in [0.2, 0.25) is 10.0 Å². The number of hydrogen-bond donors (Lipinski definition) is 1. The van der Waals surface area contributed by atoms with Crippen LogP contribution in [0.3, 0.4) is 0 Å². The van der Waals surface area contributed by atoms with Crippen LogP contribution in [0.4, 0.5) is 5.69 Å². The van der Waals surface area contributed by atoms with Crippen LogP contribution >= 0.6 is 23.2 Å². The van der Waals surface area contributed by atoms with E-state index in [-0.39, 0.29) is 5.91 Å². The number of rotatable bonds is 4. The fourth-order valence-electron chi connectivity index (χ4n) is 2.63. The van der Waals surface area contributed by atoms with Crippen LogP contribution in [0, 0.1) is 0 Å². The van der Waals surface area contributed by atoms with Crippen molar-refractivity contribution in [2.75, 3.05) is 5.32 Å². The van der Waals surface area contributed by atoms with E-state index in [1.165, 1.54) is 0 Å². The third-order valence-electron chi connectivity index (χ3n) is 3.95. The SMILES string of the molecule is CCc1nc2ccc(C(=O)Nc3cccc(Cl)c3Cl)cc2nc1CC. The van der Waals surface area contributed by atoms with Gasteiger partial charge >= 0.3 is 0 Å². The molecule has 0 spiro atoms. The number of anilines is 1. The minimum Gasteiger partial charge on any atom is -0.321 e. The molecule has 1 N–H and O–H groups in total. The van der Waals surface area contributed by atoms with Gasteiger partial charge < -0.3 is 5.32 Å². The van der Waals surface area contributed by atoms with Gasteiger partial charge in [-0.05, 0) is 43.2 Å². The average molecular weight is 374 g/mol. The van der Waals surface area contributed by atoms with Crippen LogP contribution in [0.15, 0.2) is 36.4 Å². The van der Waals surface area contributed by atoms with Gasteiger partial charge in [-0.2, -0.15) is 0 Å². The lowest BCUT2D eigenvalue weighted by molar-refractivity contribution is 0.102. The number of carbonyl (C=O) groups excluding carboxylic acids is 1. The lowest BCUT2D eigenvalue weighted by Gasteiger charge is -2.10. The summed E-state index contributed by atoms with van der Waals surface area (Å²) in [4.78, 5) is 21.8. The van der Waals surface area contributed by atoms with Crippen molar-refractivity contribution < 1.29 is 4.79 Å². The Morgan fingerprint density at radius 1 is 1.00 bits per heavy atom. The molecule has 1 heterocycles. The highest BCUT2D eigenvalue weighted by Gasteiger charge is 2.12. The number of aromatic nitrogens is 2. The summed E-state index contributed by atoms with van der Waals surface area (Å²) in [7, 11) is 0. The Balaban J connectivity index is 1.95. The lowest BCUT2D eigenvalue weighted by atomic mass is 10.1. The first-order chi connectivity index (χ1) is 12.0. The molecular formula is C19H17Cl2N3O. The molecule has 0 fully saturated rings. The molecule has 1 aromatic heterocycles. The van der Waals surface area contributed by atoms with Gasteiger partial charge in [0.25, 0.3) is 5.91 Å². The summed E-state index contributed by atoms with van der Waals surface area (Å²) in [5, 5.41) is 3.49. The van der Waals surface area contributed by atoms with Gasteiger partial charge in [0, 0.05) is 5.56 Å². The maximum atomic E-state index is 12.5. The summed E-state index contributed by atoms with van der Waals surface area (Å²) in [5.41, 5.74) is 4.42. The van der Waals surface area contributed by atoms with Gasteiger partial charge in [0.1, 0.15) is 0 Å². The number of carbonyl (C=O) groups is 1. The fraction of sp³-hybridized carbons (Fsp3) is 0.211. The fourth-order valence-corrected chi connectivity index (χ4v) is 2.98. The monoisotopic (exact) mass is 373 g/mol. The third-order valence-corrected chi connectivity index (χ3v) is 4.77. The van der Waals surface area contributed by atoms with E-state index in [1.54, 1.807) is 30.3 Å². The molecule has 0 aliphatic rings. The van der Waals surface area contributed by atoms with Gasteiger partial charge in [0.2, 0.25) is 0 Å². The minimum atomic E-state index is -0.273. The van der Waals surface area contributed by atoms with Crippen LogP contribution in [0.1, 0.15) is 35.6 Å². The maximum Gasteiger partial charge on any atom is 0.255 e. The standard InChI is InChI=1S/C19H17Cl2N3O/c1-3-13-14(4-2)23-17-10-11(8-9-15(17)22-13)19(25)24-16-7-5-6-12(20)18(16)21/h5-10H,3-4H2,1-2H3,(H,24,25). The van der Waals surface area contributed by atoms with E-state index >= 15 is 0 Å². The second-order valence-electron chi connectivity index (χ2n) is 5.58. The molecule has 3 aromatic rings. The van der Waals surface area contributed by atoms with Crippen LogP contribution in [-0.2, 0) is 12.8 Å². The molecule has 0 aliphatic carbocycles. The van der Waals surface area contributed by atoms with Crippen LogP contribution in [-0.4, -0.2) is 15.9 Å². The lowest BCUT2D eigenvalue weighted by Crippen LogP contribution is -2.12. The summed E-state index contributed by atoms with van der Waals surface area (Å²) in [6.45, 7) is 4.11. The predicted octanol–water partition coefficient (Wildman–Crippen LogP) is 5.31.